The van der Waals surface area contributed by atoms with Gasteiger partial charge in [-0.15, -0.1) is 0 Å². The first kappa shape index (κ1) is 10.8. The molecule has 1 atom stereocenters. The fourth-order valence-electron chi connectivity index (χ4n) is 1.98. The van der Waals surface area contributed by atoms with Crippen LogP contribution in [0.5, 0.6) is 11.5 Å². The molecule has 1 amide bonds. The van der Waals surface area contributed by atoms with Gasteiger partial charge in [-0.05, 0) is 18.2 Å². The zero-order valence-corrected chi connectivity index (χ0v) is 9.45. The Morgan fingerprint density at radius 1 is 1.31 bits per heavy atom. The van der Waals surface area contributed by atoms with Crippen molar-refractivity contribution in [3.63, 3.8) is 0 Å². The highest BCUT2D eigenvalue weighted by Gasteiger charge is 2.25. The van der Waals surface area contributed by atoms with Gasteiger partial charge in [0.05, 0.1) is 14.2 Å². The molecule has 0 saturated carbocycles. The molecule has 4 heteroatoms. The molecule has 2 rings (SSSR count). The summed E-state index contributed by atoms with van der Waals surface area (Å²) in [5, 5.41) is 2.82. The van der Waals surface area contributed by atoms with Crippen LogP contribution in [0.4, 0.5) is 0 Å². The van der Waals surface area contributed by atoms with E-state index in [4.69, 9.17) is 9.47 Å². The molecule has 1 fully saturated rings. The molecule has 4 nitrogen and oxygen atoms in total. The number of amides is 1. The Bertz CT molecular complexity index is 403. The molecule has 1 saturated heterocycles. The normalized spacial score (nSPS) is 19.4. The van der Waals surface area contributed by atoms with E-state index in [0.717, 1.165) is 17.1 Å². The van der Waals surface area contributed by atoms with Crippen molar-refractivity contribution in [1.82, 2.24) is 5.32 Å². The smallest absolute Gasteiger partial charge is 0.220 e. The van der Waals surface area contributed by atoms with E-state index < -0.39 is 0 Å². The number of ether oxygens (including phenoxy) is 2. The topological polar surface area (TPSA) is 47.6 Å². The number of hydrogen-bond donors (Lipinski definition) is 1. The summed E-state index contributed by atoms with van der Waals surface area (Å²) in [6, 6.07) is 5.66. The summed E-state index contributed by atoms with van der Waals surface area (Å²) in [6.07, 6.45) is 0.517. The predicted molar refractivity (Wildman–Crippen MR) is 59.9 cm³/mol. The molecule has 0 bridgehead atoms. The van der Waals surface area contributed by atoms with Gasteiger partial charge in [0.2, 0.25) is 5.91 Å². The molecule has 1 aromatic rings. The number of benzene rings is 1. The van der Waals surface area contributed by atoms with Crippen molar-refractivity contribution in [3.05, 3.63) is 23.8 Å². The lowest BCUT2D eigenvalue weighted by molar-refractivity contribution is -0.119. The van der Waals surface area contributed by atoms with E-state index in [1.807, 2.05) is 18.2 Å². The molecule has 0 aromatic heterocycles. The van der Waals surface area contributed by atoms with Crippen molar-refractivity contribution >= 4 is 5.91 Å². The molecule has 0 aliphatic carbocycles. The van der Waals surface area contributed by atoms with E-state index in [1.165, 1.54) is 0 Å². The Morgan fingerprint density at radius 3 is 2.69 bits per heavy atom. The molecule has 0 unspecified atom stereocenters. The van der Waals surface area contributed by atoms with E-state index in [9.17, 15) is 4.79 Å². The summed E-state index contributed by atoms with van der Waals surface area (Å²) in [4.78, 5) is 11.2. The van der Waals surface area contributed by atoms with Crippen LogP contribution in [0.1, 0.15) is 17.9 Å². The third kappa shape index (κ3) is 1.96. The third-order valence-corrected chi connectivity index (χ3v) is 2.85. The largest absolute Gasteiger partial charge is 0.497 e. The Hall–Kier alpha value is -1.71. The van der Waals surface area contributed by atoms with Crippen LogP contribution < -0.4 is 14.8 Å². The summed E-state index contributed by atoms with van der Waals surface area (Å²) in [6.45, 7) is 0.669. The van der Waals surface area contributed by atoms with Crippen LogP contribution in [-0.4, -0.2) is 26.7 Å². The number of methoxy groups -OCH3 is 2. The first-order chi connectivity index (χ1) is 7.74. The second-order valence-electron chi connectivity index (χ2n) is 3.81. The Morgan fingerprint density at radius 2 is 2.12 bits per heavy atom. The Balaban J connectivity index is 2.33. The minimum absolute atomic E-state index is 0.0925. The fraction of sp³-hybridized carbons (Fsp3) is 0.417. The number of rotatable bonds is 3. The predicted octanol–water partition coefficient (Wildman–Crippen LogP) is 1.31. The average molecular weight is 221 g/mol. The zero-order valence-electron chi connectivity index (χ0n) is 9.45. The van der Waals surface area contributed by atoms with Gasteiger partial charge in [-0.1, -0.05) is 0 Å². The molecule has 0 spiro atoms. The van der Waals surface area contributed by atoms with Crippen LogP contribution in [0, 0.1) is 0 Å². The van der Waals surface area contributed by atoms with Crippen LogP contribution in [0.2, 0.25) is 0 Å². The van der Waals surface area contributed by atoms with Gasteiger partial charge in [0, 0.05) is 24.4 Å². The minimum Gasteiger partial charge on any atom is -0.497 e. The number of carbonyl (C=O) groups excluding carboxylic acids is 1. The quantitative estimate of drug-likeness (QED) is 0.837. The number of hydrogen-bond acceptors (Lipinski definition) is 3. The second kappa shape index (κ2) is 4.43. The summed E-state index contributed by atoms with van der Waals surface area (Å²) in [5.74, 6) is 1.87. The maximum Gasteiger partial charge on any atom is 0.220 e. The van der Waals surface area contributed by atoms with Crippen LogP contribution in [0.3, 0.4) is 0 Å². The van der Waals surface area contributed by atoms with Crippen molar-refractivity contribution < 1.29 is 14.3 Å². The highest BCUT2D eigenvalue weighted by molar-refractivity contribution is 5.79. The first-order valence-corrected chi connectivity index (χ1v) is 5.23. The summed E-state index contributed by atoms with van der Waals surface area (Å²) < 4.78 is 10.5. The van der Waals surface area contributed by atoms with Gasteiger partial charge in [-0.2, -0.15) is 0 Å². The molecule has 16 heavy (non-hydrogen) atoms. The lowest BCUT2D eigenvalue weighted by Gasteiger charge is -2.14. The zero-order chi connectivity index (χ0) is 11.5. The maximum absolute atomic E-state index is 11.2. The van der Waals surface area contributed by atoms with Crippen LogP contribution in [0.25, 0.3) is 0 Å². The molecule has 0 radical (unpaired) electrons. The van der Waals surface area contributed by atoms with E-state index in [2.05, 4.69) is 5.32 Å². The molecule has 1 N–H and O–H groups in total. The van der Waals surface area contributed by atoms with Crippen molar-refractivity contribution in [3.8, 4) is 11.5 Å². The van der Waals surface area contributed by atoms with E-state index in [-0.39, 0.29) is 11.8 Å². The molecular weight excluding hydrogens is 206 g/mol. The minimum atomic E-state index is 0.0925. The average Bonchev–Trinajstić information content (AvgIpc) is 2.75. The number of nitrogens with one attached hydrogen (secondary N) is 1. The lowest BCUT2D eigenvalue weighted by Crippen LogP contribution is -2.13. The monoisotopic (exact) mass is 221 g/mol. The molecule has 1 aromatic carbocycles. The summed E-state index contributed by atoms with van der Waals surface area (Å²) in [7, 11) is 3.26. The molecule has 1 heterocycles. The number of carbonyl (C=O) groups is 1. The molecule has 86 valence electrons. The summed E-state index contributed by atoms with van der Waals surface area (Å²) in [5.41, 5.74) is 1.03. The standard InChI is InChI=1S/C12H15NO3/c1-15-9-3-4-11(16-2)10(6-9)8-5-12(14)13-7-8/h3-4,6,8H,5,7H2,1-2H3,(H,13,14)/t8-/m0/s1. The van der Waals surface area contributed by atoms with E-state index in [0.29, 0.717) is 13.0 Å². The van der Waals surface area contributed by atoms with Crippen molar-refractivity contribution in [1.29, 1.82) is 0 Å². The van der Waals surface area contributed by atoms with Gasteiger partial charge in [0.15, 0.2) is 0 Å². The maximum atomic E-state index is 11.2. The van der Waals surface area contributed by atoms with Gasteiger partial charge in [-0.25, -0.2) is 0 Å². The highest BCUT2D eigenvalue weighted by atomic mass is 16.5. The van der Waals surface area contributed by atoms with E-state index in [1.54, 1.807) is 14.2 Å². The van der Waals surface area contributed by atoms with Gasteiger partial charge in [0.25, 0.3) is 0 Å². The summed E-state index contributed by atoms with van der Waals surface area (Å²) >= 11 is 0. The Labute approximate surface area is 94.6 Å². The SMILES string of the molecule is COc1ccc(OC)c([C@@H]2CNC(=O)C2)c1. The van der Waals surface area contributed by atoms with Crippen molar-refractivity contribution in [2.45, 2.75) is 12.3 Å². The lowest BCUT2D eigenvalue weighted by atomic mass is 9.97. The third-order valence-electron chi connectivity index (χ3n) is 2.85. The first-order valence-electron chi connectivity index (χ1n) is 5.23. The van der Waals surface area contributed by atoms with Crippen LogP contribution in [-0.2, 0) is 4.79 Å². The molecule has 1 aliphatic heterocycles. The van der Waals surface area contributed by atoms with E-state index >= 15 is 0 Å². The van der Waals surface area contributed by atoms with Gasteiger partial charge >= 0.3 is 0 Å². The van der Waals surface area contributed by atoms with Crippen molar-refractivity contribution in [2.24, 2.45) is 0 Å². The van der Waals surface area contributed by atoms with Gasteiger partial charge in [0.1, 0.15) is 11.5 Å². The molecule has 1 aliphatic rings. The van der Waals surface area contributed by atoms with Gasteiger partial charge in [-0.3, -0.25) is 4.79 Å². The van der Waals surface area contributed by atoms with Crippen LogP contribution >= 0.6 is 0 Å². The highest BCUT2D eigenvalue weighted by Crippen LogP contribution is 2.33. The van der Waals surface area contributed by atoms with Crippen LogP contribution in [0.15, 0.2) is 18.2 Å². The Kier molecular flexibility index (Phi) is 2.99. The second-order valence-corrected chi connectivity index (χ2v) is 3.81. The fourth-order valence-corrected chi connectivity index (χ4v) is 1.98. The molecular formula is C12H15NO3. The van der Waals surface area contributed by atoms with Gasteiger partial charge < -0.3 is 14.8 Å². The van der Waals surface area contributed by atoms with Crippen molar-refractivity contribution in [2.75, 3.05) is 20.8 Å².